The maximum absolute atomic E-state index is 4.00. The number of allylic oxidation sites excluding steroid dienone is 3. The molecule has 1 aromatic rings. The van der Waals surface area contributed by atoms with Gasteiger partial charge in [0.05, 0.1) is 0 Å². The van der Waals surface area contributed by atoms with Crippen LogP contribution < -0.4 is 5.32 Å². The number of nitrogens with zero attached hydrogens (tertiary/aromatic N) is 1. The van der Waals surface area contributed by atoms with Crippen molar-refractivity contribution in [2.75, 3.05) is 6.54 Å². The zero-order valence-corrected chi connectivity index (χ0v) is 12.1. The molecule has 0 aliphatic rings. The normalized spacial score (nSPS) is 11.8. The molecule has 104 valence electrons. The van der Waals surface area contributed by atoms with E-state index in [2.05, 4.69) is 55.3 Å². The Bertz CT molecular complexity index is 522. The van der Waals surface area contributed by atoms with Gasteiger partial charge in [0.15, 0.2) is 0 Å². The van der Waals surface area contributed by atoms with Crippen LogP contribution in [0.5, 0.6) is 0 Å². The predicted molar refractivity (Wildman–Crippen MR) is 89.7 cm³/mol. The van der Waals surface area contributed by atoms with Crippen LogP contribution in [-0.2, 0) is 0 Å². The molecular weight excluding hydrogens is 244 g/mol. The van der Waals surface area contributed by atoms with E-state index in [1.165, 1.54) is 5.57 Å². The molecule has 0 fully saturated rings. The van der Waals surface area contributed by atoms with Gasteiger partial charge in [0, 0.05) is 24.9 Å². The van der Waals surface area contributed by atoms with Crippen LogP contribution in [0.15, 0.2) is 78.1 Å². The van der Waals surface area contributed by atoms with E-state index in [9.17, 15) is 0 Å². The molecule has 0 aliphatic heterocycles. The molecule has 0 saturated carbocycles. The number of benzene rings is 1. The molecule has 0 radical (unpaired) electrons. The zero-order chi connectivity index (χ0) is 14.8. The molecule has 0 heterocycles. The van der Waals surface area contributed by atoms with Crippen molar-refractivity contribution in [3.8, 4) is 0 Å². The molecule has 0 aliphatic carbocycles. The average Bonchev–Trinajstić information content (AvgIpc) is 2.45. The topological polar surface area (TPSA) is 24.4 Å². The summed E-state index contributed by atoms with van der Waals surface area (Å²) in [6.07, 6.45) is 6.51. The van der Waals surface area contributed by atoms with E-state index in [1.807, 2.05) is 24.3 Å². The Balaban J connectivity index is 2.82. The predicted octanol–water partition coefficient (Wildman–Crippen LogP) is 4.35. The molecule has 0 unspecified atom stereocenters. The highest BCUT2D eigenvalue weighted by Crippen LogP contribution is 2.19. The molecule has 1 rings (SSSR count). The second-order valence-electron chi connectivity index (χ2n) is 4.57. The van der Waals surface area contributed by atoms with Gasteiger partial charge < -0.3 is 5.32 Å². The van der Waals surface area contributed by atoms with Gasteiger partial charge in [-0.05, 0) is 24.8 Å². The van der Waals surface area contributed by atoms with Crippen molar-refractivity contribution in [1.82, 2.24) is 5.32 Å². The summed E-state index contributed by atoms with van der Waals surface area (Å²) < 4.78 is 0. The molecule has 1 N–H and O–H groups in total. The van der Waals surface area contributed by atoms with E-state index in [0.717, 1.165) is 29.8 Å². The van der Waals surface area contributed by atoms with Gasteiger partial charge in [0.1, 0.15) is 0 Å². The van der Waals surface area contributed by atoms with E-state index in [0.29, 0.717) is 0 Å². The Morgan fingerprint density at radius 1 is 1.30 bits per heavy atom. The lowest BCUT2D eigenvalue weighted by molar-refractivity contribution is 0.859. The summed E-state index contributed by atoms with van der Waals surface area (Å²) in [5.74, 6) is 0. The Hall–Kier alpha value is -2.35. The molecule has 2 heteroatoms. The van der Waals surface area contributed by atoms with Crippen molar-refractivity contribution < 1.29 is 0 Å². The van der Waals surface area contributed by atoms with Crippen LogP contribution in [0.3, 0.4) is 0 Å². The Kier molecular flexibility index (Phi) is 6.83. The fourth-order valence-electron chi connectivity index (χ4n) is 1.86. The van der Waals surface area contributed by atoms with E-state index in [4.69, 9.17) is 0 Å². The van der Waals surface area contributed by atoms with E-state index >= 15 is 0 Å². The molecule has 0 spiro atoms. The molecule has 1 aromatic carbocycles. The van der Waals surface area contributed by atoms with E-state index in [1.54, 1.807) is 6.20 Å². The van der Waals surface area contributed by atoms with Gasteiger partial charge in [-0.15, -0.1) is 6.58 Å². The summed E-state index contributed by atoms with van der Waals surface area (Å²) in [6.45, 7) is 14.0. The Morgan fingerprint density at radius 3 is 2.60 bits per heavy atom. The summed E-state index contributed by atoms with van der Waals surface area (Å²) in [5.41, 5.74) is 4.38. The molecule has 0 amide bonds. The van der Waals surface area contributed by atoms with Crippen LogP contribution in [-0.4, -0.2) is 13.3 Å². The second kappa shape index (κ2) is 8.70. The van der Waals surface area contributed by atoms with Gasteiger partial charge in [-0.1, -0.05) is 54.6 Å². The van der Waals surface area contributed by atoms with Crippen LogP contribution in [0.4, 0.5) is 0 Å². The Labute approximate surface area is 121 Å². The Morgan fingerprint density at radius 2 is 2.00 bits per heavy atom. The van der Waals surface area contributed by atoms with Gasteiger partial charge in [-0.3, -0.25) is 4.99 Å². The summed E-state index contributed by atoms with van der Waals surface area (Å²) in [5, 5.41) is 3.20. The molecule has 0 bridgehead atoms. The van der Waals surface area contributed by atoms with Gasteiger partial charge >= 0.3 is 0 Å². The number of rotatable bonds is 8. The quantitative estimate of drug-likeness (QED) is 0.422. The van der Waals surface area contributed by atoms with E-state index < -0.39 is 0 Å². The summed E-state index contributed by atoms with van der Waals surface area (Å²) >= 11 is 0. The molecule has 0 saturated heterocycles. The number of aliphatic imine (C=N–C) groups is 1. The first-order valence-electron chi connectivity index (χ1n) is 6.58. The minimum absolute atomic E-state index is 0.738. The van der Waals surface area contributed by atoms with Crippen LogP contribution in [0, 0.1) is 0 Å². The standard InChI is InChI=1S/C18H22N2/c1-5-11-20-16(3)12-15(2)13-18(14-19-4)17-9-7-6-8-10-17/h5-10,13-14,20H,1,3-4,11-12H2,2H3/b15-13-,18-14+. The van der Waals surface area contributed by atoms with Crippen molar-refractivity contribution in [2.45, 2.75) is 13.3 Å². The van der Waals surface area contributed by atoms with Crippen molar-refractivity contribution in [1.29, 1.82) is 0 Å². The first kappa shape index (κ1) is 15.7. The number of hydrogen-bond acceptors (Lipinski definition) is 2. The second-order valence-corrected chi connectivity index (χ2v) is 4.57. The summed E-state index contributed by atoms with van der Waals surface area (Å²) in [6, 6.07) is 10.2. The minimum atomic E-state index is 0.738. The fourth-order valence-corrected chi connectivity index (χ4v) is 1.86. The lowest BCUT2D eigenvalue weighted by Gasteiger charge is -2.09. The van der Waals surface area contributed by atoms with E-state index in [-0.39, 0.29) is 0 Å². The number of hydrogen-bond donors (Lipinski definition) is 1. The minimum Gasteiger partial charge on any atom is -0.385 e. The largest absolute Gasteiger partial charge is 0.385 e. The van der Waals surface area contributed by atoms with Crippen molar-refractivity contribution in [3.05, 3.63) is 78.7 Å². The van der Waals surface area contributed by atoms with Crippen LogP contribution >= 0.6 is 0 Å². The molecule has 20 heavy (non-hydrogen) atoms. The molecule has 2 nitrogen and oxygen atoms in total. The maximum atomic E-state index is 4.00. The monoisotopic (exact) mass is 266 g/mol. The fraction of sp³-hybridized carbons (Fsp3) is 0.167. The highest BCUT2D eigenvalue weighted by atomic mass is 14.9. The zero-order valence-electron chi connectivity index (χ0n) is 12.1. The molecule has 0 atom stereocenters. The first-order chi connectivity index (χ1) is 9.67. The third-order valence-corrected chi connectivity index (χ3v) is 2.73. The third kappa shape index (κ3) is 5.53. The van der Waals surface area contributed by atoms with Crippen LogP contribution in [0.1, 0.15) is 18.9 Å². The van der Waals surface area contributed by atoms with Crippen LogP contribution in [0.25, 0.3) is 5.57 Å². The molecule has 0 aromatic heterocycles. The lowest BCUT2D eigenvalue weighted by atomic mass is 10.0. The van der Waals surface area contributed by atoms with Crippen LogP contribution in [0.2, 0.25) is 0 Å². The van der Waals surface area contributed by atoms with Gasteiger partial charge in [-0.25, -0.2) is 0 Å². The van der Waals surface area contributed by atoms with Gasteiger partial charge in [-0.2, -0.15) is 0 Å². The summed E-state index contributed by atoms with van der Waals surface area (Å²) in [7, 11) is 0. The van der Waals surface area contributed by atoms with Crippen molar-refractivity contribution in [2.24, 2.45) is 4.99 Å². The van der Waals surface area contributed by atoms with Gasteiger partial charge in [0.2, 0.25) is 0 Å². The summed E-state index contributed by atoms with van der Waals surface area (Å²) in [4.78, 5) is 3.89. The molecular formula is C18H22N2. The van der Waals surface area contributed by atoms with Gasteiger partial charge in [0.25, 0.3) is 0 Å². The first-order valence-corrected chi connectivity index (χ1v) is 6.58. The lowest BCUT2D eigenvalue weighted by Crippen LogP contribution is -2.11. The van der Waals surface area contributed by atoms with Crippen molar-refractivity contribution in [3.63, 3.8) is 0 Å². The third-order valence-electron chi connectivity index (χ3n) is 2.73. The highest BCUT2D eigenvalue weighted by Gasteiger charge is 2.00. The smallest absolute Gasteiger partial charge is 0.0339 e. The average molecular weight is 266 g/mol. The maximum Gasteiger partial charge on any atom is 0.0339 e. The van der Waals surface area contributed by atoms with Crippen molar-refractivity contribution >= 4 is 12.3 Å². The number of nitrogens with one attached hydrogen (secondary N) is 1. The highest BCUT2D eigenvalue weighted by molar-refractivity contribution is 5.74. The SMILES string of the molecule is C=CCNC(=C)C/C(C)=C\C(=C/N=C)c1ccccc1.